The summed E-state index contributed by atoms with van der Waals surface area (Å²) < 4.78 is 23.0. The van der Waals surface area contributed by atoms with E-state index in [1.807, 2.05) is 6.07 Å². The van der Waals surface area contributed by atoms with Crippen molar-refractivity contribution in [3.05, 3.63) is 35.9 Å². The van der Waals surface area contributed by atoms with E-state index in [0.29, 0.717) is 12.0 Å². The number of benzene rings is 1. The Morgan fingerprint density at radius 1 is 1.37 bits per heavy atom. The molecule has 0 saturated carbocycles. The molecule has 2 atom stereocenters. The summed E-state index contributed by atoms with van der Waals surface area (Å²) in [5.41, 5.74) is -0.0104. The lowest BCUT2D eigenvalue weighted by molar-refractivity contribution is -0.122. The van der Waals surface area contributed by atoms with Gasteiger partial charge in [-0.15, -0.1) is 11.6 Å². The summed E-state index contributed by atoms with van der Waals surface area (Å²) in [6, 6.07) is 8.99. The predicted molar refractivity (Wildman–Crippen MR) is 74.9 cm³/mol. The quantitative estimate of drug-likeness (QED) is 0.864. The van der Waals surface area contributed by atoms with Gasteiger partial charge in [0.15, 0.2) is 9.84 Å². The van der Waals surface area contributed by atoms with Crippen LogP contribution in [0.4, 0.5) is 0 Å². The summed E-state index contributed by atoms with van der Waals surface area (Å²) >= 11 is 6.11. The van der Waals surface area contributed by atoms with Gasteiger partial charge in [0, 0.05) is 0 Å². The summed E-state index contributed by atoms with van der Waals surface area (Å²) in [5.74, 6) is -0.265. The van der Waals surface area contributed by atoms with E-state index in [9.17, 15) is 13.2 Å². The summed E-state index contributed by atoms with van der Waals surface area (Å²) in [7, 11) is -3.05. The molecule has 2 rings (SSSR count). The van der Waals surface area contributed by atoms with Gasteiger partial charge in [-0.1, -0.05) is 30.3 Å². The highest BCUT2D eigenvalue weighted by Gasteiger charge is 2.40. The summed E-state index contributed by atoms with van der Waals surface area (Å²) in [6.45, 7) is 1.74. The summed E-state index contributed by atoms with van der Waals surface area (Å²) in [5, 5.41) is 1.95. The van der Waals surface area contributed by atoms with E-state index in [-0.39, 0.29) is 17.4 Å². The Kier molecular flexibility index (Phi) is 3.87. The average molecular weight is 302 g/mol. The van der Waals surface area contributed by atoms with Gasteiger partial charge < -0.3 is 5.32 Å². The molecule has 1 amide bonds. The van der Waals surface area contributed by atoms with Gasteiger partial charge in [0.2, 0.25) is 5.91 Å². The predicted octanol–water partition coefficient (Wildman–Crippen LogP) is 1.66. The minimum absolute atomic E-state index is 0.0237. The monoisotopic (exact) mass is 301 g/mol. The molecule has 0 radical (unpaired) electrons. The molecule has 104 valence electrons. The normalized spacial score (nSPS) is 26.8. The molecule has 0 aliphatic carbocycles. The third-order valence-electron chi connectivity index (χ3n) is 3.25. The second kappa shape index (κ2) is 5.13. The lowest BCUT2D eigenvalue weighted by Crippen LogP contribution is -2.48. The smallest absolute Gasteiger partial charge is 0.243 e. The minimum atomic E-state index is -3.05. The van der Waals surface area contributed by atoms with E-state index in [0.717, 1.165) is 0 Å². The maximum absolute atomic E-state index is 12.1. The van der Waals surface area contributed by atoms with Crippen molar-refractivity contribution in [3.8, 4) is 0 Å². The third kappa shape index (κ3) is 3.48. The Bertz CT molecular complexity index is 573. The SMILES string of the molecule is CC1(NC(=O)C(Cl)c2ccccc2)CCS(=O)(=O)C1. The molecular weight excluding hydrogens is 286 g/mol. The number of sulfone groups is 1. The molecule has 1 aromatic rings. The number of rotatable bonds is 3. The van der Waals surface area contributed by atoms with Crippen LogP contribution >= 0.6 is 11.6 Å². The number of carbonyl (C=O) groups is 1. The van der Waals surface area contributed by atoms with Crippen LogP contribution in [0.1, 0.15) is 24.3 Å². The van der Waals surface area contributed by atoms with Crippen molar-refractivity contribution >= 4 is 27.3 Å². The van der Waals surface area contributed by atoms with Crippen molar-refractivity contribution in [1.29, 1.82) is 0 Å². The number of carbonyl (C=O) groups excluding carboxylic acids is 1. The fourth-order valence-corrected chi connectivity index (χ4v) is 4.54. The van der Waals surface area contributed by atoms with Crippen LogP contribution in [-0.4, -0.2) is 31.4 Å². The largest absolute Gasteiger partial charge is 0.348 e. The van der Waals surface area contributed by atoms with Crippen LogP contribution in [-0.2, 0) is 14.6 Å². The fraction of sp³-hybridized carbons (Fsp3) is 0.462. The van der Waals surface area contributed by atoms with Gasteiger partial charge in [0.25, 0.3) is 0 Å². The van der Waals surface area contributed by atoms with Gasteiger partial charge in [0.05, 0.1) is 17.0 Å². The first kappa shape index (κ1) is 14.3. The minimum Gasteiger partial charge on any atom is -0.348 e. The van der Waals surface area contributed by atoms with Crippen molar-refractivity contribution in [3.63, 3.8) is 0 Å². The Hall–Kier alpha value is -1.07. The topological polar surface area (TPSA) is 63.2 Å². The van der Waals surface area contributed by atoms with Crippen LogP contribution in [0, 0.1) is 0 Å². The first-order valence-corrected chi connectivity index (χ1v) is 8.29. The molecule has 1 fully saturated rings. The molecule has 0 aromatic heterocycles. The highest BCUT2D eigenvalue weighted by atomic mass is 35.5. The Balaban J connectivity index is 2.06. The maximum atomic E-state index is 12.1. The molecule has 4 nitrogen and oxygen atoms in total. The number of alkyl halides is 1. The van der Waals surface area contributed by atoms with Crippen molar-refractivity contribution in [1.82, 2.24) is 5.32 Å². The van der Waals surface area contributed by atoms with E-state index in [1.165, 1.54) is 0 Å². The molecule has 1 saturated heterocycles. The highest BCUT2D eigenvalue weighted by Crippen LogP contribution is 2.26. The zero-order chi connectivity index (χ0) is 14.1. The Morgan fingerprint density at radius 3 is 2.53 bits per heavy atom. The van der Waals surface area contributed by atoms with Crippen molar-refractivity contribution in [2.45, 2.75) is 24.3 Å². The van der Waals surface area contributed by atoms with Crippen LogP contribution in [0.2, 0.25) is 0 Å². The van der Waals surface area contributed by atoms with Crippen LogP contribution in [0.15, 0.2) is 30.3 Å². The van der Waals surface area contributed by atoms with E-state index in [1.54, 1.807) is 31.2 Å². The average Bonchev–Trinajstić information content (AvgIpc) is 2.63. The zero-order valence-electron chi connectivity index (χ0n) is 10.6. The summed E-state index contributed by atoms with van der Waals surface area (Å²) in [4.78, 5) is 12.1. The fourth-order valence-electron chi connectivity index (χ4n) is 2.24. The third-order valence-corrected chi connectivity index (χ3v) is 5.60. The first-order chi connectivity index (χ1) is 8.81. The number of hydrogen-bond acceptors (Lipinski definition) is 3. The molecule has 1 heterocycles. The Labute approximate surface area is 118 Å². The van der Waals surface area contributed by atoms with Gasteiger partial charge in [0.1, 0.15) is 5.38 Å². The number of nitrogens with one attached hydrogen (secondary N) is 1. The standard InChI is InChI=1S/C13H16ClNO3S/c1-13(7-8-19(17,18)9-13)15-12(16)11(14)10-5-3-2-4-6-10/h2-6,11H,7-9H2,1H3,(H,15,16). The van der Waals surface area contributed by atoms with E-state index >= 15 is 0 Å². The second-order valence-electron chi connectivity index (χ2n) is 5.17. The van der Waals surface area contributed by atoms with E-state index < -0.39 is 20.8 Å². The van der Waals surface area contributed by atoms with Crippen molar-refractivity contribution in [2.24, 2.45) is 0 Å². The van der Waals surface area contributed by atoms with E-state index in [4.69, 9.17) is 11.6 Å². The molecule has 19 heavy (non-hydrogen) atoms. The summed E-state index contributed by atoms with van der Waals surface area (Å²) in [6.07, 6.45) is 0.430. The lowest BCUT2D eigenvalue weighted by Gasteiger charge is -2.25. The highest BCUT2D eigenvalue weighted by molar-refractivity contribution is 7.91. The number of halogens is 1. The second-order valence-corrected chi connectivity index (χ2v) is 7.79. The van der Waals surface area contributed by atoms with Gasteiger partial charge in [-0.25, -0.2) is 8.42 Å². The van der Waals surface area contributed by atoms with Crippen LogP contribution in [0.25, 0.3) is 0 Å². The number of hydrogen-bond donors (Lipinski definition) is 1. The first-order valence-electron chi connectivity index (χ1n) is 6.03. The van der Waals surface area contributed by atoms with Crippen molar-refractivity contribution < 1.29 is 13.2 Å². The molecule has 1 aliphatic heterocycles. The maximum Gasteiger partial charge on any atom is 0.243 e. The van der Waals surface area contributed by atoms with Gasteiger partial charge in [-0.05, 0) is 18.9 Å². The van der Waals surface area contributed by atoms with Crippen LogP contribution < -0.4 is 5.32 Å². The van der Waals surface area contributed by atoms with Gasteiger partial charge >= 0.3 is 0 Å². The molecule has 6 heteroatoms. The lowest BCUT2D eigenvalue weighted by atomic mass is 10.0. The van der Waals surface area contributed by atoms with Crippen LogP contribution in [0.5, 0.6) is 0 Å². The molecule has 1 N–H and O–H groups in total. The number of amides is 1. The molecule has 0 spiro atoms. The van der Waals surface area contributed by atoms with Gasteiger partial charge in [-0.3, -0.25) is 4.79 Å². The molecule has 1 aliphatic rings. The molecule has 1 aromatic carbocycles. The van der Waals surface area contributed by atoms with E-state index in [2.05, 4.69) is 5.32 Å². The molecular formula is C13H16ClNO3S. The van der Waals surface area contributed by atoms with Crippen molar-refractivity contribution in [2.75, 3.05) is 11.5 Å². The van der Waals surface area contributed by atoms with Crippen LogP contribution in [0.3, 0.4) is 0 Å². The van der Waals surface area contributed by atoms with Gasteiger partial charge in [-0.2, -0.15) is 0 Å². The zero-order valence-corrected chi connectivity index (χ0v) is 12.2. The Morgan fingerprint density at radius 2 is 2.00 bits per heavy atom. The molecule has 2 unspecified atom stereocenters. The molecule has 0 bridgehead atoms.